The van der Waals surface area contributed by atoms with Crippen molar-refractivity contribution in [3.8, 4) is 5.75 Å². The molecule has 3 aromatic rings. The first-order chi connectivity index (χ1) is 13.4. The number of fused-ring (bicyclic) bond motifs is 2. The maximum Gasteiger partial charge on any atom is 0.305 e. The number of rotatable bonds is 3. The lowest BCUT2D eigenvalue weighted by molar-refractivity contribution is -0.647. The highest BCUT2D eigenvalue weighted by atomic mass is 16.3. The van der Waals surface area contributed by atoms with E-state index in [-0.39, 0.29) is 5.75 Å². The van der Waals surface area contributed by atoms with Gasteiger partial charge in [-0.2, -0.15) is 5.10 Å². The highest BCUT2D eigenvalue weighted by Crippen LogP contribution is 2.37. The average Bonchev–Trinajstić information content (AvgIpc) is 2.93. The second-order valence-corrected chi connectivity index (χ2v) is 7.63. The summed E-state index contributed by atoms with van der Waals surface area (Å²) in [5.41, 5.74) is 6.32. The first-order valence-corrected chi connectivity index (χ1v) is 9.68. The first kappa shape index (κ1) is 18.3. The minimum Gasteiger partial charge on any atom is -0.506 e. The first-order valence-electron chi connectivity index (χ1n) is 9.68. The molecule has 0 saturated heterocycles. The number of hydrazone groups is 1. The second-order valence-electron chi connectivity index (χ2n) is 7.63. The number of para-hydroxylation sites is 2. The lowest BCUT2D eigenvalue weighted by atomic mass is 10.0. The fraction of sp³-hybridized carbons (Fsp3) is 0.364. The van der Waals surface area contributed by atoms with Gasteiger partial charge in [-0.3, -0.25) is 5.01 Å². The molecule has 1 aromatic heterocycles. The molecular formula is C22H28N5O+. The molecule has 1 aliphatic heterocycles. The van der Waals surface area contributed by atoms with E-state index < -0.39 is 0 Å². The molecule has 0 atom stereocenters. The zero-order valence-electron chi connectivity index (χ0n) is 17.3. The molecule has 1 N–H and O–H groups in total. The van der Waals surface area contributed by atoms with Gasteiger partial charge in [0.05, 0.1) is 14.1 Å². The summed E-state index contributed by atoms with van der Waals surface area (Å²) < 4.78 is 4.31. The summed E-state index contributed by atoms with van der Waals surface area (Å²) in [6.07, 6.45) is 2.16. The number of hydrogen-bond donors (Lipinski definition) is 1. The van der Waals surface area contributed by atoms with Gasteiger partial charge in [-0.05, 0) is 43.5 Å². The molecule has 6 heteroatoms. The van der Waals surface area contributed by atoms with Crippen LogP contribution in [-0.4, -0.2) is 36.0 Å². The third-order valence-corrected chi connectivity index (χ3v) is 5.74. The topological polar surface area (TPSA) is 47.9 Å². The van der Waals surface area contributed by atoms with Gasteiger partial charge in [0.1, 0.15) is 17.1 Å². The molecule has 28 heavy (non-hydrogen) atoms. The number of hydrogen-bond acceptors (Lipinski definition) is 4. The number of aromatic nitrogens is 2. The maximum atomic E-state index is 10.6. The molecule has 1 aliphatic rings. The van der Waals surface area contributed by atoms with Crippen LogP contribution in [0.15, 0.2) is 41.5 Å². The molecule has 2 aromatic carbocycles. The van der Waals surface area contributed by atoms with Crippen molar-refractivity contribution in [3.05, 3.63) is 47.8 Å². The Balaban J connectivity index is 1.74. The van der Waals surface area contributed by atoms with Crippen molar-refractivity contribution in [3.63, 3.8) is 0 Å². The molecule has 0 spiro atoms. The van der Waals surface area contributed by atoms with Crippen LogP contribution in [0.4, 0.5) is 11.4 Å². The van der Waals surface area contributed by atoms with Crippen molar-refractivity contribution in [2.45, 2.75) is 19.8 Å². The Morgan fingerprint density at radius 3 is 2.71 bits per heavy atom. The largest absolute Gasteiger partial charge is 0.506 e. The minimum absolute atomic E-state index is 0.257. The summed E-state index contributed by atoms with van der Waals surface area (Å²) in [6, 6.07) is 12.3. The fourth-order valence-corrected chi connectivity index (χ4v) is 4.34. The van der Waals surface area contributed by atoms with E-state index in [1.807, 2.05) is 32.2 Å². The third kappa shape index (κ3) is 2.89. The number of anilines is 2. The van der Waals surface area contributed by atoms with E-state index in [9.17, 15) is 5.11 Å². The molecule has 0 saturated carbocycles. The number of benzene rings is 2. The van der Waals surface area contributed by atoms with Gasteiger partial charge >= 0.3 is 5.82 Å². The van der Waals surface area contributed by atoms with Crippen LogP contribution in [0.25, 0.3) is 11.0 Å². The number of imidazole rings is 1. The van der Waals surface area contributed by atoms with Crippen LogP contribution in [0.2, 0.25) is 0 Å². The van der Waals surface area contributed by atoms with E-state index in [0.29, 0.717) is 0 Å². The van der Waals surface area contributed by atoms with Crippen LogP contribution in [0.3, 0.4) is 0 Å². The minimum atomic E-state index is 0.257. The zero-order chi connectivity index (χ0) is 20.0. The molecule has 0 aliphatic carbocycles. The number of aromatic hydroxyl groups is 1. The predicted molar refractivity (Wildman–Crippen MR) is 114 cm³/mol. The molecule has 0 unspecified atom stereocenters. The van der Waals surface area contributed by atoms with Gasteiger partial charge in [0.15, 0.2) is 11.0 Å². The van der Waals surface area contributed by atoms with Gasteiger partial charge in [0, 0.05) is 32.4 Å². The Kier molecular flexibility index (Phi) is 4.49. The fourth-order valence-electron chi connectivity index (χ4n) is 4.34. The normalized spacial score (nSPS) is 14.5. The summed E-state index contributed by atoms with van der Waals surface area (Å²) in [7, 11) is 8.08. The van der Waals surface area contributed by atoms with E-state index in [0.717, 1.165) is 53.3 Å². The quantitative estimate of drug-likeness (QED) is 0.433. The molecule has 0 fully saturated rings. The van der Waals surface area contributed by atoms with E-state index in [1.165, 1.54) is 5.56 Å². The molecular weight excluding hydrogens is 350 g/mol. The van der Waals surface area contributed by atoms with Crippen molar-refractivity contribution in [2.24, 2.45) is 19.2 Å². The number of phenols is 1. The van der Waals surface area contributed by atoms with Crippen molar-refractivity contribution in [1.82, 2.24) is 4.57 Å². The highest BCUT2D eigenvalue weighted by Gasteiger charge is 2.23. The van der Waals surface area contributed by atoms with Crippen LogP contribution in [-0.2, 0) is 20.5 Å². The smallest absolute Gasteiger partial charge is 0.305 e. The van der Waals surface area contributed by atoms with E-state index >= 15 is 0 Å². The van der Waals surface area contributed by atoms with Crippen molar-refractivity contribution >= 4 is 28.1 Å². The van der Waals surface area contributed by atoms with Crippen LogP contribution in [0.5, 0.6) is 5.75 Å². The summed E-state index contributed by atoms with van der Waals surface area (Å²) >= 11 is 0. The van der Waals surface area contributed by atoms with Crippen LogP contribution >= 0.6 is 0 Å². The third-order valence-electron chi connectivity index (χ3n) is 5.74. The molecule has 0 bridgehead atoms. The van der Waals surface area contributed by atoms with Gasteiger partial charge < -0.3 is 10.0 Å². The highest BCUT2D eigenvalue weighted by molar-refractivity contribution is 5.97. The maximum absolute atomic E-state index is 10.6. The Hall–Kier alpha value is -3.02. The molecule has 2 heterocycles. The van der Waals surface area contributed by atoms with Crippen LogP contribution < -0.4 is 14.5 Å². The van der Waals surface area contributed by atoms with Gasteiger partial charge in [-0.15, -0.1) is 0 Å². The summed E-state index contributed by atoms with van der Waals surface area (Å²) in [6.45, 7) is 3.03. The Labute approximate surface area is 165 Å². The van der Waals surface area contributed by atoms with E-state index in [4.69, 9.17) is 5.10 Å². The monoisotopic (exact) mass is 378 g/mol. The lowest BCUT2D eigenvalue weighted by Gasteiger charge is -2.29. The Bertz CT molecular complexity index is 1040. The lowest BCUT2D eigenvalue weighted by Crippen LogP contribution is -2.36. The van der Waals surface area contributed by atoms with Gasteiger partial charge in [-0.25, -0.2) is 9.13 Å². The summed E-state index contributed by atoms with van der Waals surface area (Å²) in [5.74, 6) is 1.29. The average molecular weight is 379 g/mol. The number of nitrogens with zero attached hydrogens (tertiary/aromatic N) is 5. The van der Waals surface area contributed by atoms with Crippen molar-refractivity contribution in [1.29, 1.82) is 0 Å². The van der Waals surface area contributed by atoms with Crippen LogP contribution in [0.1, 0.15) is 24.7 Å². The molecule has 0 radical (unpaired) electrons. The van der Waals surface area contributed by atoms with Crippen molar-refractivity contribution in [2.75, 3.05) is 30.5 Å². The standard InChI is InChI=1S/C22H27N5O/c1-15(22-25(3)17-10-6-7-11-18(17)26(22)4)23-27(5)20-13-16-9-8-12-24(2)19(16)14-21(20)28/h6-7,10-11,13-14H,8-9,12H2,1-5H3/p+1. The molecule has 146 valence electrons. The van der Waals surface area contributed by atoms with Crippen LogP contribution in [0, 0.1) is 0 Å². The number of phenolic OH excluding ortho intramolecular Hbond substituents is 1. The predicted octanol–water partition coefficient (Wildman–Crippen LogP) is 2.95. The summed E-state index contributed by atoms with van der Waals surface area (Å²) in [4.78, 5) is 2.20. The van der Waals surface area contributed by atoms with Gasteiger partial charge in [0.25, 0.3) is 0 Å². The molecule has 6 nitrogen and oxygen atoms in total. The van der Waals surface area contributed by atoms with E-state index in [1.54, 1.807) is 5.01 Å². The molecule has 4 rings (SSSR count). The van der Waals surface area contributed by atoms with Crippen molar-refractivity contribution < 1.29 is 9.67 Å². The van der Waals surface area contributed by atoms with E-state index in [2.05, 4.69) is 53.4 Å². The second kappa shape index (κ2) is 6.86. The SMILES string of the molecule is C/C(=N\N(C)c1cc2c(cc1O)N(C)CCC2)c1n(C)c2ccccc2[n+]1C. The Morgan fingerprint density at radius 1 is 1.21 bits per heavy atom. The molecule has 0 amide bonds. The summed E-state index contributed by atoms with van der Waals surface area (Å²) in [5, 5.41) is 17.2. The Morgan fingerprint density at radius 2 is 1.96 bits per heavy atom. The zero-order valence-corrected chi connectivity index (χ0v) is 17.3. The van der Waals surface area contributed by atoms with Gasteiger partial charge in [-0.1, -0.05) is 12.1 Å². The number of aryl methyl sites for hydroxylation is 3. The van der Waals surface area contributed by atoms with Gasteiger partial charge in [0.2, 0.25) is 0 Å².